The number of rotatable bonds is 2. The van der Waals surface area contributed by atoms with Crippen LogP contribution < -0.4 is 5.73 Å². The first kappa shape index (κ1) is 9.60. The fourth-order valence-corrected chi connectivity index (χ4v) is 2.13. The van der Waals surface area contributed by atoms with Crippen LogP contribution in [0.15, 0.2) is 30.5 Å². The van der Waals surface area contributed by atoms with Gasteiger partial charge in [-0.3, -0.25) is 5.10 Å². The second-order valence-corrected chi connectivity index (χ2v) is 4.63. The lowest BCUT2D eigenvalue weighted by Crippen LogP contribution is -2.18. The van der Waals surface area contributed by atoms with Crippen molar-refractivity contribution in [1.82, 2.24) is 10.2 Å². The fourth-order valence-electron chi connectivity index (χ4n) is 2.13. The summed E-state index contributed by atoms with van der Waals surface area (Å²) < 4.78 is 0. The van der Waals surface area contributed by atoms with E-state index in [9.17, 15) is 0 Å². The Morgan fingerprint density at radius 1 is 1.31 bits per heavy atom. The summed E-state index contributed by atoms with van der Waals surface area (Å²) in [5.74, 6) is 0. The third-order valence-electron chi connectivity index (χ3n) is 3.38. The molecule has 0 amide bonds. The van der Waals surface area contributed by atoms with Crippen molar-refractivity contribution in [2.75, 3.05) is 0 Å². The maximum Gasteiger partial charge on any atom is 0.0703 e. The zero-order chi connectivity index (χ0) is 11.2. The zero-order valence-corrected chi connectivity index (χ0v) is 9.33. The third-order valence-corrected chi connectivity index (χ3v) is 3.38. The van der Waals surface area contributed by atoms with E-state index in [-0.39, 0.29) is 5.54 Å². The molecule has 1 aromatic carbocycles. The molecule has 3 nitrogen and oxygen atoms in total. The van der Waals surface area contributed by atoms with E-state index < -0.39 is 0 Å². The Kier molecular flexibility index (Phi) is 1.91. The molecule has 16 heavy (non-hydrogen) atoms. The average molecular weight is 213 g/mol. The van der Waals surface area contributed by atoms with Crippen molar-refractivity contribution in [2.24, 2.45) is 5.73 Å². The molecule has 0 unspecified atom stereocenters. The summed E-state index contributed by atoms with van der Waals surface area (Å²) in [5, 5.41) is 7.22. The predicted octanol–water partition coefficient (Wildman–Crippen LogP) is 2.33. The van der Waals surface area contributed by atoms with Gasteiger partial charge in [-0.2, -0.15) is 5.10 Å². The number of nitrogens with one attached hydrogen (secondary N) is 1. The number of aromatic nitrogens is 2. The van der Waals surface area contributed by atoms with Gasteiger partial charge >= 0.3 is 0 Å². The molecular formula is C13H15N3. The maximum absolute atomic E-state index is 6.24. The highest BCUT2D eigenvalue weighted by molar-refractivity contribution is 5.68. The van der Waals surface area contributed by atoms with Crippen molar-refractivity contribution in [3.8, 4) is 11.3 Å². The van der Waals surface area contributed by atoms with Gasteiger partial charge in [-0.15, -0.1) is 0 Å². The normalized spacial score (nSPS) is 17.4. The lowest BCUT2D eigenvalue weighted by Gasteiger charge is -2.10. The summed E-state index contributed by atoms with van der Waals surface area (Å²) in [7, 11) is 0. The number of nitrogens with zero attached hydrogens (tertiary/aromatic N) is 1. The molecule has 1 aliphatic rings. The molecule has 1 aromatic heterocycles. The summed E-state index contributed by atoms with van der Waals surface area (Å²) in [6, 6.07) is 8.31. The van der Waals surface area contributed by atoms with Gasteiger partial charge in [0.1, 0.15) is 0 Å². The summed E-state index contributed by atoms with van der Waals surface area (Å²) in [4.78, 5) is 0. The van der Waals surface area contributed by atoms with Crippen LogP contribution in [0.2, 0.25) is 0 Å². The molecule has 1 saturated carbocycles. The van der Waals surface area contributed by atoms with Crippen LogP contribution in [-0.2, 0) is 5.54 Å². The number of aryl methyl sites for hydroxylation is 1. The lowest BCUT2D eigenvalue weighted by atomic mass is 9.98. The molecule has 0 spiro atoms. The van der Waals surface area contributed by atoms with Crippen LogP contribution in [0.4, 0.5) is 0 Å². The van der Waals surface area contributed by atoms with Gasteiger partial charge in [0.25, 0.3) is 0 Å². The first-order valence-corrected chi connectivity index (χ1v) is 5.59. The fraction of sp³-hybridized carbons (Fsp3) is 0.308. The highest BCUT2D eigenvalue weighted by atomic mass is 15.1. The lowest BCUT2D eigenvalue weighted by molar-refractivity contribution is 0.743. The van der Waals surface area contributed by atoms with Crippen LogP contribution in [0.1, 0.15) is 24.0 Å². The van der Waals surface area contributed by atoms with Gasteiger partial charge in [0, 0.05) is 16.7 Å². The van der Waals surface area contributed by atoms with Crippen LogP contribution in [0.3, 0.4) is 0 Å². The molecule has 3 rings (SSSR count). The molecular weight excluding hydrogens is 198 g/mol. The van der Waals surface area contributed by atoms with E-state index in [0.717, 1.165) is 24.1 Å². The van der Waals surface area contributed by atoms with Crippen molar-refractivity contribution in [2.45, 2.75) is 25.3 Å². The summed E-state index contributed by atoms with van der Waals surface area (Å²) in [6.07, 6.45) is 3.99. The molecule has 1 heterocycles. The Labute approximate surface area is 94.7 Å². The second-order valence-electron chi connectivity index (χ2n) is 4.63. The minimum absolute atomic E-state index is 0.134. The standard InChI is InChI=1S/C13H15N3/c1-9-4-2-3-5-10(9)12-11(8-15-16-12)13(14)6-7-13/h2-5,8H,6-7,14H2,1H3,(H,15,16). The van der Waals surface area contributed by atoms with Crippen LogP contribution in [0.25, 0.3) is 11.3 Å². The van der Waals surface area contributed by atoms with Gasteiger partial charge < -0.3 is 5.73 Å². The van der Waals surface area contributed by atoms with Gasteiger partial charge in [-0.25, -0.2) is 0 Å². The Hall–Kier alpha value is -1.61. The number of benzene rings is 1. The van der Waals surface area contributed by atoms with Gasteiger partial charge in [0.15, 0.2) is 0 Å². The predicted molar refractivity (Wildman–Crippen MR) is 63.9 cm³/mol. The van der Waals surface area contributed by atoms with Crippen molar-refractivity contribution >= 4 is 0 Å². The highest BCUT2D eigenvalue weighted by Crippen LogP contribution is 2.46. The largest absolute Gasteiger partial charge is 0.321 e. The Bertz CT molecular complexity index is 523. The topological polar surface area (TPSA) is 54.7 Å². The quantitative estimate of drug-likeness (QED) is 0.804. The Morgan fingerprint density at radius 2 is 2.06 bits per heavy atom. The number of aromatic amines is 1. The first-order chi connectivity index (χ1) is 7.71. The van der Waals surface area contributed by atoms with Crippen molar-refractivity contribution < 1.29 is 0 Å². The minimum atomic E-state index is -0.134. The van der Waals surface area contributed by atoms with E-state index in [4.69, 9.17) is 5.73 Å². The van der Waals surface area contributed by atoms with Crippen LogP contribution in [0.5, 0.6) is 0 Å². The molecule has 0 saturated heterocycles. The molecule has 0 atom stereocenters. The second kappa shape index (κ2) is 3.19. The first-order valence-electron chi connectivity index (χ1n) is 5.59. The smallest absolute Gasteiger partial charge is 0.0703 e. The highest BCUT2D eigenvalue weighted by Gasteiger charge is 2.42. The summed E-state index contributed by atoms with van der Waals surface area (Å²) in [5.41, 5.74) is 10.8. The van der Waals surface area contributed by atoms with Crippen molar-refractivity contribution in [3.63, 3.8) is 0 Å². The van der Waals surface area contributed by atoms with Crippen molar-refractivity contribution in [3.05, 3.63) is 41.6 Å². The van der Waals surface area contributed by atoms with Crippen LogP contribution >= 0.6 is 0 Å². The van der Waals surface area contributed by atoms with Crippen LogP contribution in [-0.4, -0.2) is 10.2 Å². The monoisotopic (exact) mass is 213 g/mol. The van der Waals surface area contributed by atoms with E-state index in [1.165, 1.54) is 11.1 Å². The van der Waals surface area contributed by atoms with Gasteiger partial charge in [0.05, 0.1) is 11.9 Å². The van der Waals surface area contributed by atoms with Gasteiger partial charge in [0.2, 0.25) is 0 Å². The maximum atomic E-state index is 6.24. The van der Waals surface area contributed by atoms with E-state index in [2.05, 4.69) is 29.3 Å². The summed E-state index contributed by atoms with van der Waals surface area (Å²) in [6.45, 7) is 2.11. The van der Waals surface area contributed by atoms with Gasteiger partial charge in [-0.05, 0) is 25.3 Å². The molecule has 1 fully saturated rings. The number of hydrogen-bond acceptors (Lipinski definition) is 2. The van der Waals surface area contributed by atoms with Crippen LogP contribution in [0, 0.1) is 6.92 Å². The van der Waals surface area contributed by atoms with Gasteiger partial charge in [-0.1, -0.05) is 24.3 Å². The SMILES string of the molecule is Cc1ccccc1-c1[nH]ncc1C1(N)CC1. The zero-order valence-electron chi connectivity index (χ0n) is 9.33. The average Bonchev–Trinajstić information content (AvgIpc) is 2.84. The Balaban J connectivity index is 2.14. The Morgan fingerprint density at radius 3 is 2.75 bits per heavy atom. The van der Waals surface area contributed by atoms with E-state index in [0.29, 0.717) is 0 Å². The molecule has 0 bridgehead atoms. The molecule has 0 aliphatic heterocycles. The van der Waals surface area contributed by atoms with E-state index >= 15 is 0 Å². The third kappa shape index (κ3) is 1.36. The molecule has 3 heteroatoms. The molecule has 1 aliphatic carbocycles. The summed E-state index contributed by atoms with van der Waals surface area (Å²) >= 11 is 0. The molecule has 2 aromatic rings. The van der Waals surface area contributed by atoms with E-state index in [1.807, 2.05) is 18.3 Å². The molecule has 3 N–H and O–H groups in total. The number of hydrogen-bond donors (Lipinski definition) is 2. The number of H-pyrrole nitrogens is 1. The van der Waals surface area contributed by atoms with E-state index in [1.54, 1.807) is 0 Å². The number of nitrogens with two attached hydrogens (primary N) is 1. The molecule has 82 valence electrons. The van der Waals surface area contributed by atoms with Crippen molar-refractivity contribution in [1.29, 1.82) is 0 Å². The molecule has 0 radical (unpaired) electrons. The minimum Gasteiger partial charge on any atom is -0.321 e.